The Bertz CT molecular complexity index is 952. The van der Waals surface area contributed by atoms with E-state index in [-0.39, 0.29) is 12.1 Å². The number of carbonyl (C=O) groups is 1. The van der Waals surface area contributed by atoms with E-state index < -0.39 is 0 Å². The second-order valence-corrected chi connectivity index (χ2v) is 6.84. The van der Waals surface area contributed by atoms with Gasteiger partial charge in [-0.3, -0.25) is 0 Å². The topological polar surface area (TPSA) is 46.5 Å². The second kappa shape index (κ2) is 7.37. The van der Waals surface area contributed by atoms with Gasteiger partial charge in [0.15, 0.2) is 0 Å². The molecule has 0 unspecified atom stereocenters. The minimum absolute atomic E-state index is 0.160. The summed E-state index contributed by atoms with van der Waals surface area (Å²) in [5.74, 6) is 0.634. The molecular weight excluding hydrogens is 362 g/mol. The predicted octanol–water partition coefficient (Wildman–Crippen LogP) is 4.79. The molecular formula is C21H20ClN3O2. The van der Waals surface area contributed by atoms with Gasteiger partial charge in [0.1, 0.15) is 5.75 Å². The number of methoxy groups -OCH3 is 1. The number of benzene rings is 2. The molecule has 0 spiro atoms. The molecule has 2 aromatic carbocycles. The highest BCUT2D eigenvalue weighted by atomic mass is 35.5. The van der Waals surface area contributed by atoms with Crippen molar-refractivity contribution in [3.8, 4) is 5.75 Å². The van der Waals surface area contributed by atoms with Crippen molar-refractivity contribution in [2.75, 3.05) is 19.0 Å². The summed E-state index contributed by atoms with van der Waals surface area (Å²) in [6.07, 6.45) is 2.05. The van der Waals surface area contributed by atoms with Crippen LogP contribution in [0.5, 0.6) is 5.75 Å². The highest BCUT2D eigenvalue weighted by Crippen LogP contribution is 2.34. The summed E-state index contributed by atoms with van der Waals surface area (Å²) in [5, 5.41) is 3.67. The monoisotopic (exact) mass is 381 g/mol. The Labute approximate surface area is 163 Å². The van der Waals surface area contributed by atoms with Crippen LogP contribution in [0, 0.1) is 0 Å². The lowest BCUT2D eigenvalue weighted by atomic mass is 10.0. The summed E-state index contributed by atoms with van der Waals surface area (Å²) in [5.41, 5.74) is 2.76. The maximum atomic E-state index is 13.1. The number of hydrogen-bond acceptors (Lipinski definition) is 2. The van der Waals surface area contributed by atoms with E-state index in [2.05, 4.69) is 16.0 Å². The maximum absolute atomic E-state index is 13.1. The van der Waals surface area contributed by atoms with E-state index in [0.717, 1.165) is 17.8 Å². The number of amides is 2. The van der Waals surface area contributed by atoms with Gasteiger partial charge in [0.2, 0.25) is 0 Å². The highest BCUT2D eigenvalue weighted by Gasteiger charge is 2.32. The lowest BCUT2D eigenvalue weighted by Gasteiger charge is -2.37. The zero-order valence-electron chi connectivity index (χ0n) is 14.9. The van der Waals surface area contributed by atoms with Crippen molar-refractivity contribution in [3.05, 3.63) is 83.1 Å². The number of para-hydroxylation sites is 2. The van der Waals surface area contributed by atoms with Gasteiger partial charge < -0.3 is 19.5 Å². The number of nitrogens with zero attached hydrogens (tertiary/aromatic N) is 2. The molecule has 4 rings (SSSR count). The first kappa shape index (κ1) is 17.5. The Morgan fingerprint density at radius 2 is 1.85 bits per heavy atom. The number of hydrogen-bond donors (Lipinski definition) is 1. The van der Waals surface area contributed by atoms with Crippen LogP contribution in [0.15, 0.2) is 66.9 Å². The van der Waals surface area contributed by atoms with Crippen LogP contribution in [0.1, 0.15) is 17.3 Å². The molecule has 5 nitrogen and oxygen atoms in total. The third kappa shape index (κ3) is 3.38. The zero-order chi connectivity index (χ0) is 18.8. The van der Waals surface area contributed by atoms with E-state index in [1.807, 2.05) is 65.7 Å². The first-order valence-electron chi connectivity index (χ1n) is 8.78. The van der Waals surface area contributed by atoms with Gasteiger partial charge in [-0.15, -0.1) is 0 Å². The van der Waals surface area contributed by atoms with Gasteiger partial charge >= 0.3 is 6.03 Å². The molecule has 0 aliphatic carbocycles. The molecule has 0 radical (unpaired) electrons. The molecule has 0 bridgehead atoms. The summed E-state index contributed by atoms with van der Waals surface area (Å²) in [7, 11) is 1.59. The smallest absolute Gasteiger partial charge is 0.322 e. The average Bonchev–Trinajstić information content (AvgIpc) is 3.17. The largest absolute Gasteiger partial charge is 0.495 e. The van der Waals surface area contributed by atoms with Gasteiger partial charge in [-0.1, -0.05) is 35.9 Å². The van der Waals surface area contributed by atoms with Crippen molar-refractivity contribution in [2.24, 2.45) is 0 Å². The van der Waals surface area contributed by atoms with Crippen LogP contribution in [0.4, 0.5) is 10.5 Å². The SMILES string of the molecule is COc1ccccc1NC(=O)N1CCn2cccc2[C@H]1c1ccc(Cl)cc1. The van der Waals surface area contributed by atoms with E-state index in [1.54, 1.807) is 7.11 Å². The van der Waals surface area contributed by atoms with Crippen LogP contribution < -0.4 is 10.1 Å². The van der Waals surface area contributed by atoms with Gasteiger partial charge in [0, 0.05) is 30.0 Å². The highest BCUT2D eigenvalue weighted by molar-refractivity contribution is 6.30. The molecule has 1 aromatic heterocycles. The quantitative estimate of drug-likeness (QED) is 0.709. The lowest BCUT2D eigenvalue weighted by molar-refractivity contribution is 0.181. The van der Waals surface area contributed by atoms with E-state index in [1.165, 1.54) is 0 Å². The first-order chi connectivity index (χ1) is 13.2. The number of halogens is 1. The molecule has 1 atom stereocenters. The van der Waals surface area contributed by atoms with Gasteiger partial charge in [-0.2, -0.15) is 0 Å². The standard InChI is InChI=1S/C21H20ClN3O2/c1-27-19-7-3-2-5-17(19)23-21(26)25-14-13-24-12-4-6-18(24)20(25)15-8-10-16(22)11-9-15/h2-12,20H,13-14H2,1H3,(H,23,26)/t20-/m1/s1. The number of carbonyl (C=O) groups excluding carboxylic acids is 1. The van der Waals surface area contributed by atoms with Crippen LogP contribution >= 0.6 is 11.6 Å². The average molecular weight is 382 g/mol. The number of rotatable bonds is 3. The minimum Gasteiger partial charge on any atom is -0.495 e. The number of ether oxygens (including phenoxy) is 1. The molecule has 0 saturated carbocycles. The Balaban J connectivity index is 1.68. The summed E-state index contributed by atoms with van der Waals surface area (Å²) in [6.45, 7) is 1.36. The fourth-order valence-electron chi connectivity index (χ4n) is 3.53. The van der Waals surface area contributed by atoms with Crippen molar-refractivity contribution >= 4 is 23.3 Å². The number of urea groups is 1. The number of aromatic nitrogens is 1. The minimum atomic E-state index is -0.180. The molecule has 27 heavy (non-hydrogen) atoms. The number of anilines is 1. The van der Waals surface area contributed by atoms with Gasteiger partial charge in [-0.05, 0) is 42.0 Å². The maximum Gasteiger partial charge on any atom is 0.322 e. The first-order valence-corrected chi connectivity index (χ1v) is 9.16. The van der Waals surface area contributed by atoms with Gasteiger partial charge in [0.25, 0.3) is 0 Å². The molecule has 1 N–H and O–H groups in total. The van der Waals surface area contributed by atoms with Crippen LogP contribution in [-0.2, 0) is 6.54 Å². The predicted molar refractivity (Wildman–Crippen MR) is 106 cm³/mol. The molecule has 0 fully saturated rings. The Kier molecular flexibility index (Phi) is 4.77. The van der Waals surface area contributed by atoms with Crippen LogP contribution in [0.3, 0.4) is 0 Å². The normalized spacial score (nSPS) is 15.9. The Morgan fingerprint density at radius 1 is 1.07 bits per heavy atom. The summed E-state index contributed by atoms with van der Waals surface area (Å²) in [4.78, 5) is 15.0. The van der Waals surface area contributed by atoms with Crippen molar-refractivity contribution in [1.29, 1.82) is 0 Å². The van der Waals surface area contributed by atoms with Crippen molar-refractivity contribution < 1.29 is 9.53 Å². The summed E-state index contributed by atoms with van der Waals surface area (Å²) in [6, 6.07) is 18.8. The van der Waals surface area contributed by atoms with Crippen LogP contribution in [-0.4, -0.2) is 29.2 Å². The lowest BCUT2D eigenvalue weighted by Crippen LogP contribution is -2.44. The van der Waals surface area contributed by atoms with E-state index >= 15 is 0 Å². The third-order valence-corrected chi connectivity index (χ3v) is 5.09. The van der Waals surface area contributed by atoms with Gasteiger partial charge in [0.05, 0.1) is 18.8 Å². The molecule has 138 valence electrons. The van der Waals surface area contributed by atoms with Crippen molar-refractivity contribution in [2.45, 2.75) is 12.6 Å². The Hall–Kier alpha value is -2.92. The Morgan fingerprint density at radius 3 is 2.63 bits per heavy atom. The second-order valence-electron chi connectivity index (χ2n) is 6.40. The molecule has 2 heterocycles. The van der Waals surface area contributed by atoms with Gasteiger partial charge in [-0.25, -0.2) is 4.79 Å². The van der Waals surface area contributed by atoms with Crippen LogP contribution in [0.2, 0.25) is 5.02 Å². The number of fused-ring (bicyclic) bond motifs is 1. The van der Waals surface area contributed by atoms with Crippen molar-refractivity contribution in [1.82, 2.24) is 9.47 Å². The fourth-order valence-corrected chi connectivity index (χ4v) is 3.66. The molecule has 2 amide bonds. The van der Waals surface area contributed by atoms with Crippen LogP contribution in [0.25, 0.3) is 0 Å². The van der Waals surface area contributed by atoms with E-state index in [9.17, 15) is 4.79 Å². The molecule has 6 heteroatoms. The zero-order valence-corrected chi connectivity index (χ0v) is 15.7. The number of nitrogens with one attached hydrogen (secondary N) is 1. The fraction of sp³-hybridized carbons (Fsp3) is 0.190. The molecule has 3 aromatic rings. The summed E-state index contributed by atoms with van der Waals surface area (Å²) >= 11 is 6.06. The molecule has 0 saturated heterocycles. The molecule has 1 aliphatic rings. The molecule has 1 aliphatic heterocycles. The van der Waals surface area contributed by atoms with E-state index in [4.69, 9.17) is 16.3 Å². The van der Waals surface area contributed by atoms with Crippen molar-refractivity contribution in [3.63, 3.8) is 0 Å². The summed E-state index contributed by atoms with van der Waals surface area (Å²) < 4.78 is 7.54. The van der Waals surface area contributed by atoms with E-state index in [0.29, 0.717) is 23.0 Å². The third-order valence-electron chi connectivity index (χ3n) is 4.83.